The first-order valence-corrected chi connectivity index (χ1v) is 5.56. The highest BCUT2D eigenvalue weighted by Gasteiger charge is 2.10. The van der Waals surface area contributed by atoms with Crippen LogP contribution in [0.2, 0.25) is 0 Å². The van der Waals surface area contributed by atoms with E-state index in [1.807, 2.05) is 54.2 Å². The van der Waals surface area contributed by atoms with E-state index in [4.69, 9.17) is 0 Å². The van der Waals surface area contributed by atoms with E-state index in [0.717, 1.165) is 16.5 Å². The lowest BCUT2D eigenvalue weighted by molar-refractivity contribution is 0.631. The van der Waals surface area contributed by atoms with Crippen molar-refractivity contribution in [3.8, 4) is 11.1 Å². The van der Waals surface area contributed by atoms with Gasteiger partial charge in [0, 0.05) is 35.3 Å². The second-order valence-electron chi connectivity index (χ2n) is 4.15. The fourth-order valence-corrected chi connectivity index (χ4v) is 2.24. The second-order valence-corrected chi connectivity index (χ2v) is 4.15. The Hall–Kier alpha value is -2.09. The van der Waals surface area contributed by atoms with E-state index in [-0.39, 0.29) is 5.82 Å². The number of aromatic nitrogens is 1. The van der Waals surface area contributed by atoms with Gasteiger partial charge in [-0.1, -0.05) is 36.4 Å². The lowest BCUT2D eigenvalue weighted by atomic mass is 10.0. The summed E-state index contributed by atoms with van der Waals surface area (Å²) in [5.41, 5.74) is 2.72. The van der Waals surface area contributed by atoms with Gasteiger partial charge in [0.15, 0.2) is 0 Å². The summed E-state index contributed by atoms with van der Waals surface area (Å²) in [6.45, 7) is 0. The second kappa shape index (κ2) is 3.74. The fraction of sp³-hybridized carbons (Fsp3) is 0.0667. The average molecular weight is 225 g/mol. The molecular weight excluding hydrogens is 213 g/mol. The molecular formula is C15H12FN. The van der Waals surface area contributed by atoms with Crippen LogP contribution in [0.3, 0.4) is 0 Å². The molecule has 0 atom stereocenters. The lowest BCUT2D eigenvalue weighted by Gasteiger charge is -2.00. The number of aryl methyl sites for hydroxylation is 1. The summed E-state index contributed by atoms with van der Waals surface area (Å²) in [5.74, 6) is -0.177. The number of nitrogens with zero attached hydrogens (tertiary/aromatic N) is 1. The van der Waals surface area contributed by atoms with Gasteiger partial charge in [-0.15, -0.1) is 0 Å². The molecule has 84 valence electrons. The molecule has 0 aliphatic carbocycles. The molecule has 0 saturated heterocycles. The van der Waals surface area contributed by atoms with Crippen molar-refractivity contribution in [3.63, 3.8) is 0 Å². The number of hydrogen-bond donors (Lipinski definition) is 0. The quantitative estimate of drug-likeness (QED) is 0.590. The Labute approximate surface area is 99.1 Å². The third kappa shape index (κ3) is 1.53. The summed E-state index contributed by atoms with van der Waals surface area (Å²) < 4.78 is 15.8. The van der Waals surface area contributed by atoms with Crippen LogP contribution in [0.15, 0.2) is 54.7 Å². The van der Waals surface area contributed by atoms with Gasteiger partial charge >= 0.3 is 0 Å². The minimum Gasteiger partial charge on any atom is -0.350 e. The van der Waals surface area contributed by atoms with Crippen LogP contribution in [0.4, 0.5) is 4.39 Å². The smallest absolute Gasteiger partial charge is 0.131 e. The van der Waals surface area contributed by atoms with E-state index >= 15 is 0 Å². The molecule has 0 bridgehead atoms. The molecule has 0 radical (unpaired) electrons. The topological polar surface area (TPSA) is 4.93 Å². The predicted octanol–water partition coefficient (Wildman–Crippen LogP) is 3.98. The maximum absolute atomic E-state index is 13.8. The van der Waals surface area contributed by atoms with Crippen molar-refractivity contribution >= 4 is 10.9 Å². The van der Waals surface area contributed by atoms with Crippen molar-refractivity contribution in [1.29, 1.82) is 0 Å². The molecule has 2 aromatic carbocycles. The van der Waals surface area contributed by atoms with Crippen molar-refractivity contribution in [1.82, 2.24) is 4.57 Å². The van der Waals surface area contributed by atoms with Gasteiger partial charge in [0.05, 0.1) is 0 Å². The normalized spacial score (nSPS) is 10.9. The molecule has 0 spiro atoms. The molecule has 0 unspecified atom stereocenters. The van der Waals surface area contributed by atoms with Crippen LogP contribution < -0.4 is 0 Å². The number of halogens is 1. The zero-order valence-electron chi connectivity index (χ0n) is 9.52. The van der Waals surface area contributed by atoms with Gasteiger partial charge in [0.2, 0.25) is 0 Å². The van der Waals surface area contributed by atoms with Crippen molar-refractivity contribution in [3.05, 3.63) is 60.5 Å². The Balaban J connectivity index is 2.35. The molecule has 3 aromatic rings. The fourth-order valence-electron chi connectivity index (χ4n) is 2.24. The average Bonchev–Trinajstić information content (AvgIpc) is 2.68. The Kier molecular flexibility index (Phi) is 2.22. The number of fused-ring (bicyclic) bond motifs is 1. The number of hydrogen-bond acceptors (Lipinski definition) is 0. The summed E-state index contributed by atoms with van der Waals surface area (Å²) in [7, 11) is 1.98. The van der Waals surface area contributed by atoms with E-state index in [9.17, 15) is 4.39 Å². The SMILES string of the molecule is Cn1cc(-c2ccccc2F)c2ccccc21. The summed E-state index contributed by atoms with van der Waals surface area (Å²) >= 11 is 0. The summed E-state index contributed by atoms with van der Waals surface area (Å²) in [4.78, 5) is 0. The van der Waals surface area contributed by atoms with Crippen LogP contribution in [0.5, 0.6) is 0 Å². The van der Waals surface area contributed by atoms with Crippen molar-refractivity contribution in [2.24, 2.45) is 7.05 Å². The zero-order valence-corrected chi connectivity index (χ0v) is 9.52. The minimum absolute atomic E-state index is 0.177. The van der Waals surface area contributed by atoms with Gasteiger partial charge in [-0.3, -0.25) is 0 Å². The van der Waals surface area contributed by atoms with E-state index in [1.54, 1.807) is 6.07 Å². The van der Waals surface area contributed by atoms with Crippen LogP contribution in [-0.2, 0) is 7.05 Å². The van der Waals surface area contributed by atoms with E-state index in [2.05, 4.69) is 0 Å². The highest BCUT2D eigenvalue weighted by molar-refractivity contribution is 5.96. The molecule has 0 amide bonds. The maximum atomic E-state index is 13.8. The summed E-state index contributed by atoms with van der Waals surface area (Å²) in [6.07, 6.45) is 1.98. The molecule has 0 aliphatic rings. The standard InChI is InChI=1S/C15H12FN/c1-17-10-13(11-6-2-4-8-14(11)16)12-7-3-5-9-15(12)17/h2-10H,1H3. The first-order valence-electron chi connectivity index (χ1n) is 5.56. The summed E-state index contributed by atoms with van der Waals surface area (Å²) in [6, 6.07) is 14.9. The van der Waals surface area contributed by atoms with Gasteiger partial charge in [-0.25, -0.2) is 4.39 Å². The molecule has 3 rings (SSSR count). The minimum atomic E-state index is -0.177. The molecule has 1 aromatic heterocycles. The van der Waals surface area contributed by atoms with E-state index < -0.39 is 0 Å². The summed E-state index contributed by atoms with van der Waals surface area (Å²) in [5, 5.41) is 1.08. The molecule has 1 heterocycles. The number of para-hydroxylation sites is 1. The van der Waals surface area contributed by atoms with Gasteiger partial charge in [0.1, 0.15) is 5.82 Å². The van der Waals surface area contributed by atoms with Crippen LogP contribution in [-0.4, -0.2) is 4.57 Å². The van der Waals surface area contributed by atoms with Crippen LogP contribution >= 0.6 is 0 Å². The van der Waals surface area contributed by atoms with Gasteiger partial charge in [-0.2, -0.15) is 0 Å². The first-order chi connectivity index (χ1) is 8.27. The Morgan fingerprint density at radius 1 is 0.882 bits per heavy atom. The van der Waals surface area contributed by atoms with Gasteiger partial charge in [0.25, 0.3) is 0 Å². The predicted molar refractivity (Wildman–Crippen MR) is 68.3 cm³/mol. The molecule has 0 N–H and O–H groups in total. The highest BCUT2D eigenvalue weighted by Crippen LogP contribution is 2.31. The van der Waals surface area contributed by atoms with Crippen LogP contribution in [0.25, 0.3) is 22.0 Å². The highest BCUT2D eigenvalue weighted by atomic mass is 19.1. The largest absolute Gasteiger partial charge is 0.350 e. The van der Waals surface area contributed by atoms with Gasteiger partial charge < -0.3 is 4.57 Å². The van der Waals surface area contributed by atoms with E-state index in [0.29, 0.717) is 5.56 Å². The third-order valence-electron chi connectivity index (χ3n) is 3.06. The van der Waals surface area contributed by atoms with Crippen LogP contribution in [0.1, 0.15) is 0 Å². The molecule has 1 nitrogen and oxygen atoms in total. The molecule has 0 saturated carbocycles. The Bertz CT molecular complexity index is 682. The number of rotatable bonds is 1. The zero-order chi connectivity index (χ0) is 11.8. The monoisotopic (exact) mass is 225 g/mol. The molecule has 0 aliphatic heterocycles. The Morgan fingerprint density at radius 2 is 1.59 bits per heavy atom. The molecule has 2 heteroatoms. The molecule has 0 fully saturated rings. The lowest BCUT2D eigenvalue weighted by Crippen LogP contribution is -1.82. The maximum Gasteiger partial charge on any atom is 0.131 e. The van der Waals surface area contributed by atoms with E-state index in [1.165, 1.54) is 6.07 Å². The third-order valence-corrected chi connectivity index (χ3v) is 3.06. The van der Waals surface area contributed by atoms with Gasteiger partial charge in [-0.05, 0) is 12.1 Å². The first kappa shape index (κ1) is 10.1. The van der Waals surface area contributed by atoms with Crippen molar-refractivity contribution in [2.45, 2.75) is 0 Å². The van der Waals surface area contributed by atoms with Crippen molar-refractivity contribution < 1.29 is 4.39 Å². The molecule has 17 heavy (non-hydrogen) atoms. The van der Waals surface area contributed by atoms with Crippen LogP contribution in [0, 0.1) is 5.82 Å². The van der Waals surface area contributed by atoms with Crippen molar-refractivity contribution in [2.75, 3.05) is 0 Å². The Morgan fingerprint density at radius 3 is 2.41 bits per heavy atom. The number of benzene rings is 2.